The minimum Gasteiger partial charge on any atom is -0.392 e. The number of aliphatic hydroxyl groups excluding tert-OH is 1. The highest BCUT2D eigenvalue weighted by atomic mass is 32.2. The number of hydrogen-bond donors (Lipinski definition) is 1. The molecule has 0 saturated carbocycles. The van der Waals surface area contributed by atoms with Crippen molar-refractivity contribution in [3.63, 3.8) is 0 Å². The second-order valence-electron chi connectivity index (χ2n) is 4.40. The van der Waals surface area contributed by atoms with Crippen LogP contribution in [0.3, 0.4) is 0 Å². The van der Waals surface area contributed by atoms with Gasteiger partial charge in [0.25, 0.3) is 0 Å². The maximum absolute atomic E-state index is 13.8. The molecule has 1 N–H and O–H groups in total. The number of para-hydroxylation sites is 1. The van der Waals surface area contributed by atoms with Crippen LogP contribution in [0.15, 0.2) is 18.2 Å². The number of aliphatic hydroxyl groups is 1. The summed E-state index contributed by atoms with van der Waals surface area (Å²) in [7, 11) is -3.02. The van der Waals surface area contributed by atoms with Gasteiger partial charge in [-0.15, -0.1) is 0 Å². The summed E-state index contributed by atoms with van der Waals surface area (Å²) < 4.78 is 36.9. The third kappa shape index (κ3) is 2.81. The zero-order valence-electron chi connectivity index (χ0n) is 9.97. The molecule has 0 bridgehead atoms. The Labute approximate surface area is 106 Å². The molecule has 100 valence electrons. The fourth-order valence-corrected chi connectivity index (χ4v) is 3.48. The van der Waals surface area contributed by atoms with Gasteiger partial charge in [0.2, 0.25) is 0 Å². The number of sulfone groups is 1. The lowest BCUT2D eigenvalue weighted by atomic mass is 10.1. The van der Waals surface area contributed by atoms with Crippen LogP contribution in [0.5, 0.6) is 0 Å². The van der Waals surface area contributed by atoms with Crippen LogP contribution >= 0.6 is 0 Å². The summed E-state index contributed by atoms with van der Waals surface area (Å²) in [6.45, 7) is 0.514. The number of halogens is 1. The Morgan fingerprint density at radius 2 is 2.06 bits per heavy atom. The minimum absolute atomic E-state index is 0.0339. The maximum atomic E-state index is 13.8. The van der Waals surface area contributed by atoms with Crippen LogP contribution in [0.25, 0.3) is 0 Å². The van der Waals surface area contributed by atoms with Crippen molar-refractivity contribution in [3.05, 3.63) is 29.6 Å². The van der Waals surface area contributed by atoms with Crippen LogP contribution in [0.1, 0.15) is 12.0 Å². The number of rotatable bonds is 2. The standard InChI is InChI=1S/C12H16FNO3S/c13-11-4-1-3-10(9-15)12(11)14-5-2-7-18(16,17)8-6-14/h1,3-4,15H,2,5-9H2. The summed E-state index contributed by atoms with van der Waals surface area (Å²) in [6.07, 6.45) is 0.488. The van der Waals surface area contributed by atoms with Crippen LogP contribution in [-0.2, 0) is 16.4 Å². The predicted octanol–water partition coefficient (Wildman–Crippen LogP) is 0.943. The number of benzene rings is 1. The summed E-state index contributed by atoms with van der Waals surface area (Å²) in [5.41, 5.74) is 0.825. The van der Waals surface area contributed by atoms with E-state index in [4.69, 9.17) is 0 Å². The molecule has 0 aliphatic carbocycles. The molecule has 1 aromatic carbocycles. The molecule has 0 spiro atoms. The Balaban J connectivity index is 2.31. The molecule has 0 aromatic heterocycles. The van der Waals surface area contributed by atoms with E-state index in [1.54, 1.807) is 17.0 Å². The zero-order chi connectivity index (χ0) is 13.2. The second-order valence-corrected chi connectivity index (χ2v) is 6.70. The van der Waals surface area contributed by atoms with E-state index in [1.165, 1.54) is 6.07 Å². The van der Waals surface area contributed by atoms with Gasteiger partial charge in [-0.3, -0.25) is 0 Å². The first-order chi connectivity index (χ1) is 8.53. The van der Waals surface area contributed by atoms with Crippen LogP contribution in [0.4, 0.5) is 10.1 Å². The van der Waals surface area contributed by atoms with Crippen molar-refractivity contribution in [1.82, 2.24) is 0 Å². The molecule has 2 rings (SSSR count). The molecule has 1 heterocycles. The third-order valence-corrected chi connectivity index (χ3v) is 4.83. The van der Waals surface area contributed by atoms with Crippen molar-refractivity contribution in [2.24, 2.45) is 0 Å². The summed E-state index contributed by atoms with van der Waals surface area (Å²) in [5, 5.41) is 9.23. The molecule has 18 heavy (non-hydrogen) atoms. The molecule has 1 aliphatic rings. The van der Waals surface area contributed by atoms with Crippen molar-refractivity contribution < 1.29 is 17.9 Å². The van der Waals surface area contributed by atoms with E-state index in [2.05, 4.69) is 0 Å². The molecule has 1 fully saturated rings. The fourth-order valence-electron chi connectivity index (χ4n) is 2.20. The minimum atomic E-state index is -3.02. The van der Waals surface area contributed by atoms with Gasteiger partial charge in [0.15, 0.2) is 9.84 Å². The van der Waals surface area contributed by atoms with Gasteiger partial charge >= 0.3 is 0 Å². The van der Waals surface area contributed by atoms with Crippen LogP contribution < -0.4 is 4.90 Å². The largest absolute Gasteiger partial charge is 0.392 e. The van der Waals surface area contributed by atoms with Gasteiger partial charge in [-0.1, -0.05) is 12.1 Å². The molecular weight excluding hydrogens is 257 g/mol. The van der Waals surface area contributed by atoms with Crippen LogP contribution in [0, 0.1) is 5.82 Å². The Morgan fingerprint density at radius 3 is 2.78 bits per heavy atom. The first kappa shape index (κ1) is 13.3. The number of hydrogen-bond acceptors (Lipinski definition) is 4. The quantitative estimate of drug-likeness (QED) is 0.871. The van der Waals surface area contributed by atoms with E-state index < -0.39 is 15.7 Å². The summed E-state index contributed by atoms with van der Waals surface area (Å²) in [5.74, 6) is -0.237. The number of anilines is 1. The second kappa shape index (κ2) is 5.24. The van der Waals surface area contributed by atoms with Gasteiger partial charge in [0, 0.05) is 18.7 Å². The molecule has 0 amide bonds. The highest BCUT2D eigenvalue weighted by Crippen LogP contribution is 2.26. The topological polar surface area (TPSA) is 57.6 Å². The average Bonchev–Trinajstić information content (AvgIpc) is 2.50. The molecule has 0 radical (unpaired) electrons. The molecule has 1 saturated heterocycles. The predicted molar refractivity (Wildman–Crippen MR) is 67.8 cm³/mol. The third-order valence-electron chi connectivity index (χ3n) is 3.11. The summed E-state index contributed by atoms with van der Waals surface area (Å²) in [6, 6.07) is 4.52. The van der Waals surface area contributed by atoms with Gasteiger partial charge in [0.05, 0.1) is 23.8 Å². The van der Waals surface area contributed by atoms with E-state index in [0.29, 0.717) is 24.2 Å². The van der Waals surface area contributed by atoms with E-state index in [0.717, 1.165) is 0 Å². The van der Waals surface area contributed by atoms with E-state index in [1.807, 2.05) is 0 Å². The van der Waals surface area contributed by atoms with Crippen LogP contribution in [-0.4, -0.2) is 38.1 Å². The van der Waals surface area contributed by atoms with Gasteiger partial charge in [-0.2, -0.15) is 0 Å². The van der Waals surface area contributed by atoms with Crippen molar-refractivity contribution in [1.29, 1.82) is 0 Å². The average molecular weight is 273 g/mol. The van der Waals surface area contributed by atoms with Gasteiger partial charge in [-0.05, 0) is 12.5 Å². The Kier molecular flexibility index (Phi) is 3.87. The highest BCUT2D eigenvalue weighted by Gasteiger charge is 2.22. The zero-order valence-corrected chi connectivity index (χ0v) is 10.8. The van der Waals surface area contributed by atoms with Crippen molar-refractivity contribution >= 4 is 15.5 Å². The lowest BCUT2D eigenvalue weighted by Crippen LogP contribution is -2.28. The lowest BCUT2D eigenvalue weighted by molar-refractivity contribution is 0.281. The molecule has 0 unspecified atom stereocenters. The smallest absolute Gasteiger partial charge is 0.152 e. The summed E-state index contributed by atoms with van der Waals surface area (Å²) >= 11 is 0. The first-order valence-electron chi connectivity index (χ1n) is 5.87. The Hall–Kier alpha value is -1.14. The van der Waals surface area contributed by atoms with E-state index in [-0.39, 0.29) is 24.7 Å². The molecule has 0 atom stereocenters. The maximum Gasteiger partial charge on any atom is 0.152 e. The first-order valence-corrected chi connectivity index (χ1v) is 7.69. The van der Waals surface area contributed by atoms with Crippen molar-refractivity contribution in [3.8, 4) is 0 Å². The van der Waals surface area contributed by atoms with Gasteiger partial charge in [0.1, 0.15) is 5.82 Å². The molecular formula is C12H16FNO3S. The highest BCUT2D eigenvalue weighted by molar-refractivity contribution is 7.91. The molecule has 4 nitrogen and oxygen atoms in total. The number of nitrogens with zero attached hydrogens (tertiary/aromatic N) is 1. The monoisotopic (exact) mass is 273 g/mol. The fraction of sp³-hybridized carbons (Fsp3) is 0.500. The molecule has 6 heteroatoms. The SMILES string of the molecule is O=S1(=O)CCCN(c2c(F)cccc2CO)CC1. The normalized spacial score (nSPS) is 19.6. The summed E-state index contributed by atoms with van der Waals surface area (Å²) in [4.78, 5) is 1.71. The lowest BCUT2D eigenvalue weighted by Gasteiger charge is -2.24. The van der Waals surface area contributed by atoms with E-state index in [9.17, 15) is 17.9 Å². The Morgan fingerprint density at radius 1 is 1.28 bits per heavy atom. The van der Waals surface area contributed by atoms with E-state index >= 15 is 0 Å². The Bertz CT molecular complexity index is 530. The van der Waals surface area contributed by atoms with Crippen molar-refractivity contribution in [2.75, 3.05) is 29.5 Å². The van der Waals surface area contributed by atoms with Crippen LogP contribution in [0.2, 0.25) is 0 Å². The van der Waals surface area contributed by atoms with Gasteiger partial charge in [-0.25, -0.2) is 12.8 Å². The molecule has 1 aliphatic heterocycles. The van der Waals surface area contributed by atoms with Gasteiger partial charge < -0.3 is 10.0 Å². The molecule has 1 aromatic rings. The van der Waals surface area contributed by atoms with Crippen molar-refractivity contribution in [2.45, 2.75) is 13.0 Å².